The molecule has 1 aromatic heterocycles. The summed E-state index contributed by atoms with van der Waals surface area (Å²) in [6.07, 6.45) is 0.209. The number of H-pyrrole nitrogens is 1. The number of hydrogen-bond donors (Lipinski definition) is 2. The molecular weight excluding hydrogens is 348 g/mol. The number of rotatable bonds is 7. The van der Waals surface area contributed by atoms with Crippen LogP contribution in [0, 0.1) is 5.92 Å². The number of hydrazone groups is 1. The second-order valence-electron chi connectivity index (χ2n) is 6.52. The third-order valence-corrected chi connectivity index (χ3v) is 3.83. The predicted octanol–water partition coefficient (Wildman–Crippen LogP) is 1.77. The van der Waals surface area contributed by atoms with E-state index in [4.69, 9.17) is 4.74 Å². The van der Waals surface area contributed by atoms with Crippen LogP contribution in [-0.2, 0) is 20.7 Å². The summed E-state index contributed by atoms with van der Waals surface area (Å²) >= 11 is 0. The molecule has 1 aromatic carbocycles. The fraction of sp³-hybridized carbons (Fsp3) is 0.368. The third-order valence-electron chi connectivity index (χ3n) is 3.83. The lowest BCUT2D eigenvalue weighted by atomic mass is 10.1. The van der Waals surface area contributed by atoms with Gasteiger partial charge in [-0.3, -0.25) is 19.5 Å². The first-order chi connectivity index (χ1) is 12.8. The zero-order chi connectivity index (χ0) is 20.0. The molecule has 1 heterocycles. The standard InChI is InChI=1S/C19H24N4O4/c1-12(2)10-16(24)21-20-13(3)18-15(11-17(25)27-4)22-23(19(18)26)14-8-6-5-7-9-14/h5-9,12,22H,10-11H2,1-4H3,(H,21,24)/b20-13+. The lowest BCUT2D eigenvalue weighted by molar-refractivity contribution is -0.139. The zero-order valence-electron chi connectivity index (χ0n) is 15.9. The minimum absolute atomic E-state index is 0.117. The highest BCUT2D eigenvalue weighted by molar-refractivity contribution is 6.00. The number of amides is 1. The minimum atomic E-state index is -0.491. The number of nitrogens with one attached hydrogen (secondary N) is 2. The Kier molecular flexibility index (Phi) is 6.70. The Hall–Kier alpha value is -3.16. The molecule has 0 aliphatic heterocycles. The SMILES string of the molecule is COC(=O)Cc1[nH]n(-c2ccccc2)c(=O)c1/C(C)=N/NC(=O)CC(C)C. The van der Waals surface area contributed by atoms with E-state index in [0.29, 0.717) is 23.5 Å². The molecule has 0 saturated carbocycles. The summed E-state index contributed by atoms with van der Waals surface area (Å²) in [6.45, 7) is 5.46. The van der Waals surface area contributed by atoms with Gasteiger partial charge in [0.1, 0.15) is 0 Å². The van der Waals surface area contributed by atoms with E-state index in [-0.39, 0.29) is 29.4 Å². The Morgan fingerprint density at radius 3 is 2.52 bits per heavy atom. The van der Waals surface area contributed by atoms with Gasteiger partial charge in [-0.25, -0.2) is 10.1 Å². The number of para-hydroxylation sites is 1. The van der Waals surface area contributed by atoms with Gasteiger partial charge >= 0.3 is 5.97 Å². The third kappa shape index (κ3) is 5.16. The predicted molar refractivity (Wildman–Crippen MR) is 102 cm³/mol. The van der Waals surface area contributed by atoms with Crippen molar-refractivity contribution >= 4 is 17.6 Å². The molecule has 0 radical (unpaired) electrons. The molecule has 0 aliphatic rings. The fourth-order valence-corrected chi connectivity index (χ4v) is 2.58. The highest BCUT2D eigenvalue weighted by Crippen LogP contribution is 2.10. The van der Waals surface area contributed by atoms with Crippen molar-refractivity contribution < 1.29 is 14.3 Å². The van der Waals surface area contributed by atoms with Crippen LogP contribution in [0.15, 0.2) is 40.2 Å². The van der Waals surface area contributed by atoms with E-state index in [1.54, 1.807) is 31.2 Å². The van der Waals surface area contributed by atoms with Crippen molar-refractivity contribution in [2.24, 2.45) is 11.0 Å². The van der Waals surface area contributed by atoms with Crippen LogP contribution < -0.4 is 11.0 Å². The molecule has 0 spiro atoms. The highest BCUT2D eigenvalue weighted by atomic mass is 16.5. The number of carbonyl (C=O) groups is 2. The minimum Gasteiger partial charge on any atom is -0.469 e. The summed E-state index contributed by atoms with van der Waals surface area (Å²) in [6, 6.07) is 8.97. The summed E-state index contributed by atoms with van der Waals surface area (Å²) in [7, 11) is 1.28. The summed E-state index contributed by atoms with van der Waals surface area (Å²) < 4.78 is 6.04. The quantitative estimate of drug-likeness (QED) is 0.439. The number of ether oxygens (including phenoxy) is 1. The van der Waals surface area contributed by atoms with Crippen molar-refractivity contribution in [3.8, 4) is 5.69 Å². The van der Waals surface area contributed by atoms with Crippen LogP contribution in [0.2, 0.25) is 0 Å². The molecule has 2 rings (SSSR count). The van der Waals surface area contributed by atoms with Gasteiger partial charge < -0.3 is 4.74 Å². The lowest BCUT2D eigenvalue weighted by Gasteiger charge is -2.04. The number of aromatic nitrogens is 2. The van der Waals surface area contributed by atoms with Gasteiger partial charge in [-0.05, 0) is 25.0 Å². The lowest BCUT2D eigenvalue weighted by Crippen LogP contribution is -2.24. The topological polar surface area (TPSA) is 106 Å². The molecule has 0 fully saturated rings. The van der Waals surface area contributed by atoms with Gasteiger partial charge in [0.25, 0.3) is 5.56 Å². The molecule has 144 valence electrons. The Bertz CT molecular complexity index is 894. The molecule has 0 aliphatic carbocycles. The monoisotopic (exact) mass is 372 g/mol. The Morgan fingerprint density at radius 2 is 1.93 bits per heavy atom. The molecule has 0 unspecified atom stereocenters. The second-order valence-corrected chi connectivity index (χ2v) is 6.52. The number of aromatic amines is 1. The molecule has 8 heteroatoms. The zero-order valence-corrected chi connectivity index (χ0v) is 15.9. The van der Waals surface area contributed by atoms with E-state index in [0.717, 1.165) is 0 Å². The number of benzene rings is 1. The average molecular weight is 372 g/mol. The normalized spacial score (nSPS) is 11.5. The van der Waals surface area contributed by atoms with E-state index >= 15 is 0 Å². The van der Waals surface area contributed by atoms with Gasteiger partial charge in [0, 0.05) is 6.42 Å². The Labute approximate surface area is 157 Å². The fourth-order valence-electron chi connectivity index (χ4n) is 2.58. The molecule has 0 bridgehead atoms. The van der Waals surface area contributed by atoms with E-state index in [9.17, 15) is 14.4 Å². The van der Waals surface area contributed by atoms with E-state index in [2.05, 4.69) is 15.6 Å². The molecule has 2 aromatic rings. The van der Waals surface area contributed by atoms with Crippen LogP contribution in [0.4, 0.5) is 0 Å². The maximum absolute atomic E-state index is 12.9. The molecule has 27 heavy (non-hydrogen) atoms. The molecular formula is C19H24N4O4. The average Bonchev–Trinajstić information content (AvgIpc) is 2.95. The van der Waals surface area contributed by atoms with Crippen molar-refractivity contribution in [3.63, 3.8) is 0 Å². The Morgan fingerprint density at radius 1 is 1.26 bits per heavy atom. The van der Waals surface area contributed by atoms with Crippen LogP contribution in [0.3, 0.4) is 0 Å². The van der Waals surface area contributed by atoms with E-state index in [1.807, 2.05) is 19.9 Å². The van der Waals surface area contributed by atoms with Crippen molar-refractivity contribution in [1.82, 2.24) is 15.2 Å². The van der Waals surface area contributed by atoms with E-state index < -0.39 is 5.97 Å². The molecule has 2 N–H and O–H groups in total. The summed E-state index contributed by atoms with van der Waals surface area (Å²) in [5.74, 6) is -0.537. The van der Waals surface area contributed by atoms with Crippen molar-refractivity contribution in [2.45, 2.75) is 33.6 Å². The van der Waals surface area contributed by atoms with Crippen molar-refractivity contribution in [3.05, 3.63) is 51.9 Å². The number of hydrogen-bond acceptors (Lipinski definition) is 5. The van der Waals surface area contributed by atoms with Gasteiger partial charge in [-0.1, -0.05) is 32.0 Å². The number of methoxy groups -OCH3 is 1. The molecule has 1 amide bonds. The summed E-state index contributed by atoms with van der Waals surface area (Å²) in [5, 5.41) is 6.98. The van der Waals surface area contributed by atoms with Gasteiger partial charge in [0.2, 0.25) is 5.91 Å². The number of carbonyl (C=O) groups excluding carboxylic acids is 2. The van der Waals surface area contributed by atoms with Crippen LogP contribution in [0.1, 0.15) is 38.4 Å². The van der Waals surface area contributed by atoms with Crippen LogP contribution in [-0.4, -0.2) is 34.5 Å². The molecule has 0 atom stereocenters. The summed E-state index contributed by atoms with van der Waals surface area (Å²) in [5.41, 5.74) is 3.62. The molecule has 8 nitrogen and oxygen atoms in total. The first-order valence-electron chi connectivity index (χ1n) is 8.63. The summed E-state index contributed by atoms with van der Waals surface area (Å²) in [4.78, 5) is 36.5. The van der Waals surface area contributed by atoms with Gasteiger partial charge in [0.15, 0.2) is 0 Å². The highest BCUT2D eigenvalue weighted by Gasteiger charge is 2.20. The number of esters is 1. The largest absolute Gasteiger partial charge is 0.469 e. The number of nitrogens with zero attached hydrogens (tertiary/aromatic N) is 2. The van der Waals surface area contributed by atoms with Gasteiger partial charge in [-0.15, -0.1) is 0 Å². The first kappa shape index (κ1) is 20.2. The van der Waals surface area contributed by atoms with Crippen LogP contribution in [0.25, 0.3) is 5.69 Å². The first-order valence-corrected chi connectivity index (χ1v) is 8.63. The maximum atomic E-state index is 12.9. The van der Waals surface area contributed by atoms with Gasteiger partial charge in [0.05, 0.1) is 36.2 Å². The second kappa shape index (κ2) is 8.98. The smallest absolute Gasteiger partial charge is 0.311 e. The van der Waals surface area contributed by atoms with E-state index in [1.165, 1.54) is 11.8 Å². The maximum Gasteiger partial charge on any atom is 0.311 e. The van der Waals surface area contributed by atoms with Crippen LogP contribution >= 0.6 is 0 Å². The van der Waals surface area contributed by atoms with Gasteiger partial charge in [-0.2, -0.15) is 5.10 Å². The van der Waals surface area contributed by atoms with Crippen LogP contribution in [0.5, 0.6) is 0 Å². The Balaban J connectivity index is 2.43. The van der Waals surface area contributed by atoms with Crippen molar-refractivity contribution in [2.75, 3.05) is 7.11 Å². The van der Waals surface area contributed by atoms with Crippen molar-refractivity contribution in [1.29, 1.82) is 0 Å². The molecule has 0 saturated heterocycles.